The largest absolute Gasteiger partial charge is 0.394 e. The fraction of sp³-hybridized carbons (Fsp3) is 1.00. The van der Waals surface area contributed by atoms with E-state index in [-0.39, 0.29) is 12.1 Å². The highest BCUT2D eigenvalue weighted by Crippen LogP contribution is 2.48. The molecular formula is C16H30N2O. The summed E-state index contributed by atoms with van der Waals surface area (Å²) < 4.78 is 0. The van der Waals surface area contributed by atoms with Gasteiger partial charge in [0.05, 0.1) is 12.1 Å². The Bertz CT molecular complexity index is 318. The minimum absolute atomic E-state index is 0.118. The van der Waals surface area contributed by atoms with Gasteiger partial charge in [0, 0.05) is 19.1 Å². The summed E-state index contributed by atoms with van der Waals surface area (Å²) in [5, 5.41) is 13.3. The molecule has 3 aliphatic carbocycles. The highest BCUT2D eigenvalue weighted by Gasteiger charge is 2.40. The molecule has 0 aromatic rings. The van der Waals surface area contributed by atoms with Crippen LogP contribution in [0.3, 0.4) is 0 Å². The van der Waals surface area contributed by atoms with Crippen molar-refractivity contribution in [3.63, 3.8) is 0 Å². The fourth-order valence-corrected chi connectivity index (χ4v) is 4.52. The summed E-state index contributed by atoms with van der Waals surface area (Å²) in [7, 11) is 2.23. The predicted octanol–water partition coefficient (Wildman–Crippen LogP) is 1.86. The lowest BCUT2D eigenvalue weighted by Gasteiger charge is -2.35. The standard InChI is InChI=1S/C16H30N2O/c1-16(11-19,17-15-5-6-15)10-18(2)9-14-8-12-3-4-13(14)7-12/h12-15,17,19H,3-11H2,1-2H3. The number of rotatable bonds is 7. The lowest BCUT2D eigenvalue weighted by molar-refractivity contribution is 0.115. The molecule has 0 aromatic heterocycles. The molecule has 3 rings (SSSR count). The molecule has 3 aliphatic rings. The molecule has 3 fully saturated rings. The van der Waals surface area contributed by atoms with Crippen molar-refractivity contribution in [2.45, 2.75) is 57.0 Å². The zero-order chi connectivity index (χ0) is 13.5. The molecule has 0 radical (unpaired) electrons. The van der Waals surface area contributed by atoms with Crippen LogP contribution in [0.5, 0.6) is 0 Å². The number of fused-ring (bicyclic) bond motifs is 2. The van der Waals surface area contributed by atoms with E-state index in [2.05, 4.69) is 24.2 Å². The Balaban J connectivity index is 1.48. The minimum atomic E-state index is -0.118. The predicted molar refractivity (Wildman–Crippen MR) is 78.1 cm³/mol. The second-order valence-electron chi connectivity index (χ2n) is 7.77. The van der Waals surface area contributed by atoms with E-state index in [1.165, 1.54) is 45.1 Å². The Hall–Kier alpha value is -0.120. The number of likely N-dealkylation sites (N-methyl/N-ethyl adjacent to an activating group) is 1. The molecule has 0 spiro atoms. The molecule has 19 heavy (non-hydrogen) atoms. The normalized spacial score (nSPS) is 36.9. The first-order valence-corrected chi connectivity index (χ1v) is 8.15. The first-order valence-electron chi connectivity index (χ1n) is 8.15. The highest BCUT2D eigenvalue weighted by molar-refractivity contribution is 4.95. The Labute approximate surface area is 117 Å². The first kappa shape index (κ1) is 13.8. The van der Waals surface area contributed by atoms with Crippen LogP contribution < -0.4 is 5.32 Å². The van der Waals surface area contributed by atoms with Gasteiger partial charge in [0.25, 0.3) is 0 Å². The summed E-state index contributed by atoms with van der Waals surface area (Å²) in [6.45, 7) is 4.60. The van der Waals surface area contributed by atoms with Gasteiger partial charge in [-0.05, 0) is 63.8 Å². The molecule has 110 valence electrons. The van der Waals surface area contributed by atoms with Crippen LogP contribution in [0.25, 0.3) is 0 Å². The van der Waals surface area contributed by atoms with E-state index >= 15 is 0 Å². The van der Waals surface area contributed by atoms with Crippen molar-refractivity contribution < 1.29 is 5.11 Å². The molecule has 0 amide bonds. The summed E-state index contributed by atoms with van der Waals surface area (Å²) in [4.78, 5) is 2.46. The number of hydrogen-bond acceptors (Lipinski definition) is 3. The van der Waals surface area contributed by atoms with Crippen molar-refractivity contribution in [3.05, 3.63) is 0 Å². The van der Waals surface area contributed by atoms with Gasteiger partial charge in [-0.25, -0.2) is 0 Å². The van der Waals surface area contributed by atoms with Crippen LogP contribution in [0.2, 0.25) is 0 Å². The molecule has 0 saturated heterocycles. The van der Waals surface area contributed by atoms with Gasteiger partial charge in [-0.3, -0.25) is 0 Å². The van der Waals surface area contributed by atoms with Crippen LogP contribution in [0.1, 0.15) is 45.4 Å². The van der Waals surface area contributed by atoms with E-state index in [0.29, 0.717) is 6.04 Å². The van der Waals surface area contributed by atoms with Crippen LogP contribution >= 0.6 is 0 Å². The number of hydrogen-bond donors (Lipinski definition) is 2. The van der Waals surface area contributed by atoms with Gasteiger partial charge in [0.15, 0.2) is 0 Å². The number of aliphatic hydroxyl groups is 1. The molecule has 0 heterocycles. The number of aliphatic hydroxyl groups excluding tert-OH is 1. The highest BCUT2D eigenvalue weighted by atomic mass is 16.3. The Morgan fingerprint density at radius 2 is 2.00 bits per heavy atom. The zero-order valence-corrected chi connectivity index (χ0v) is 12.6. The third kappa shape index (κ3) is 3.32. The van der Waals surface area contributed by atoms with Crippen molar-refractivity contribution in [1.29, 1.82) is 0 Å². The maximum absolute atomic E-state index is 9.69. The van der Waals surface area contributed by atoms with E-state index in [1.807, 2.05) is 0 Å². The molecule has 2 bridgehead atoms. The van der Waals surface area contributed by atoms with Crippen molar-refractivity contribution in [1.82, 2.24) is 10.2 Å². The molecule has 3 heteroatoms. The van der Waals surface area contributed by atoms with Gasteiger partial charge in [-0.15, -0.1) is 0 Å². The van der Waals surface area contributed by atoms with Crippen molar-refractivity contribution in [2.24, 2.45) is 17.8 Å². The lowest BCUT2D eigenvalue weighted by atomic mass is 9.88. The van der Waals surface area contributed by atoms with E-state index in [1.54, 1.807) is 0 Å². The van der Waals surface area contributed by atoms with Gasteiger partial charge in [-0.1, -0.05) is 6.42 Å². The molecule has 0 aliphatic heterocycles. The average molecular weight is 266 g/mol. The smallest absolute Gasteiger partial charge is 0.0623 e. The molecule has 3 nitrogen and oxygen atoms in total. The second-order valence-corrected chi connectivity index (χ2v) is 7.77. The Morgan fingerprint density at radius 3 is 2.53 bits per heavy atom. The second kappa shape index (κ2) is 5.34. The van der Waals surface area contributed by atoms with Gasteiger partial charge in [0.1, 0.15) is 0 Å². The lowest BCUT2D eigenvalue weighted by Crippen LogP contribution is -2.54. The van der Waals surface area contributed by atoms with Crippen LogP contribution in [-0.4, -0.2) is 48.3 Å². The summed E-state index contributed by atoms with van der Waals surface area (Å²) in [5.74, 6) is 2.97. The van der Waals surface area contributed by atoms with E-state index in [4.69, 9.17) is 0 Å². The van der Waals surface area contributed by atoms with Crippen molar-refractivity contribution in [3.8, 4) is 0 Å². The zero-order valence-electron chi connectivity index (χ0n) is 12.6. The van der Waals surface area contributed by atoms with Gasteiger partial charge in [-0.2, -0.15) is 0 Å². The fourth-order valence-electron chi connectivity index (χ4n) is 4.52. The first-order chi connectivity index (χ1) is 9.08. The summed E-state index contributed by atoms with van der Waals surface area (Å²) in [5.41, 5.74) is -0.118. The molecule has 4 unspecified atom stereocenters. The van der Waals surface area contributed by atoms with Crippen molar-refractivity contribution in [2.75, 3.05) is 26.7 Å². The van der Waals surface area contributed by atoms with Crippen LogP contribution in [0.15, 0.2) is 0 Å². The molecule has 3 saturated carbocycles. The summed E-state index contributed by atoms with van der Waals surface area (Å²) in [6, 6.07) is 0.660. The molecule has 4 atom stereocenters. The van der Waals surface area contributed by atoms with Crippen LogP contribution in [-0.2, 0) is 0 Å². The van der Waals surface area contributed by atoms with Gasteiger partial charge >= 0.3 is 0 Å². The van der Waals surface area contributed by atoms with E-state index in [0.717, 1.165) is 24.3 Å². The maximum atomic E-state index is 9.69. The Morgan fingerprint density at radius 1 is 1.21 bits per heavy atom. The van der Waals surface area contributed by atoms with Crippen molar-refractivity contribution >= 4 is 0 Å². The van der Waals surface area contributed by atoms with E-state index < -0.39 is 0 Å². The Kier molecular flexibility index (Phi) is 3.89. The molecule has 2 N–H and O–H groups in total. The molecule has 0 aromatic carbocycles. The van der Waals surface area contributed by atoms with Crippen LogP contribution in [0, 0.1) is 17.8 Å². The monoisotopic (exact) mass is 266 g/mol. The van der Waals surface area contributed by atoms with Crippen LogP contribution in [0.4, 0.5) is 0 Å². The number of nitrogens with zero attached hydrogens (tertiary/aromatic N) is 1. The third-order valence-electron chi connectivity index (χ3n) is 5.53. The van der Waals surface area contributed by atoms with Gasteiger partial charge < -0.3 is 15.3 Å². The maximum Gasteiger partial charge on any atom is 0.0623 e. The summed E-state index contributed by atoms with van der Waals surface area (Å²) in [6.07, 6.45) is 8.48. The average Bonchev–Trinajstić information content (AvgIpc) is 2.92. The summed E-state index contributed by atoms with van der Waals surface area (Å²) >= 11 is 0. The third-order valence-corrected chi connectivity index (χ3v) is 5.53. The van der Waals surface area contributed by atoms with Gasteiger partial charge in [0.2, 0.25) is 0 Å². The number of nitrogens with one attached hydrogen (secondary N) is 1. The SMILES string of the molecule is CN(CC1CC2CCC1C2)CC(C)(CO)NC1CC1. The van der Waals surface area contributed by atoms with E-state index in [9.17, 15) is 5.11 Å². The molecular weight excluding hydrogens is 236 g/mol. The quantitative estimate of drug-likeness (QED) is 0.738. The topological polar surface area (TPSA) is 35.5 Å². The minimum Gasteiger partial charge on any atom is -0.394 e.